The fraction of sp³-hybridized carbons (Fsp3) is 0.188. The lowest BCUT2D eigenvalue weighted by atomic mass is 10.1. The molecule has 0 spiro atoms. The molecule has 3 heterocycles. The second-order valence-corrected chi connectivity index (χ2v) is 5.31. The summed E-state index contributed by atoms with van der Waals surface area (Å²) in [6, 6.07) is 7.75. The number of aromatic amines is 1. The molecule has 7 heteroatoms. The number of nitrogens with zero attached hydrogens (tertiary/aromatic N) is 3. The van der Waals surface area contributed by atoms with Crippen molar-refractivity contribution in [3.63, 3.8) is 0 Å². The van der Waals surface area contributed by atoms with E-state index in [1.165, 1.54) is 0 Å². The zero-order valence-electron chi connectivity index (χ0n) is 12.3. The summed E-state index contributed by atoms with van der Waals surface area (Å²) in [6.07, 6.45) is 2.87. The van der Waals surface area contributed by atoms with Crippen LogP contribution >= 0.6 is 0 Å². The monoisotopic (exact) mass is 309 g/mol. The molecule has 0 bridgehead atoms. The molecule has 1 aromatic carbocycles. The van der Waals surface area contributed by atoms with E-state index in [4.69, 9.17) is 15.3 Å². The van der Waals surface area contributed by atoms with E-state index in [0.717, 1.165) is 22.2 Å². The van der Waals surface area contributed by atoms with Gasteiger partial charge in [0, 0.05) is 30.2 Å². The molecule has 7 nitrogen and oxygen atoms in total. The van der Waals surface area contributed by atoms with Crippen molar-refractivity contribution in [1.29, 1.82) is 0 Å². The topological polar surface area (TPSA) is 114 Å². The number of hydrogen-bond acceptors (Lipinski definition) is 6. The van der Waals surface area contributed by atoms with E-state index in [0.29, 0.717) is 35.6 Å². The predicted molar refractivity (Wildman–Crippen MR) is 86.7 cm³/mol. The molecule has 116 valence electrons. The summed E-state index contributed by atoms with van der Waals surface area (Å²) in [5, 5.41) is 16.7. The van der Waals surface area contributed by atoms with Gasteiger partial charge in [-0.3, -0.25) is 5.10 Å². The highest BCUT2D eigenvalue weighted by atomic mass is 16.3. The number of hydrogen-bond donors (Lipinski definition) is 3. The Morgan fingerprint density at radius 1 is 1.22 bits per heavy atom. The standard InChI is InChI=1S/C16H15N5O2/c17-16-14-15(23-13(20-14)2-1-7-22)10-4-3-9(8-12(10)19-16)11-5-6-18-21-11/h3-6,8,22H,1-2,7H2,(H2,17,19)(H,18,21). The largest absolute Gasteiger partial charge is 0.440 e. The Kier molecular flexibility index (Phi) is 3.20. The summed E-state index contributed by atoms with van der Waals surface area (Å²) in [6.45, 7) is 0.0980. The fourth-order valence-electron chi connectivity index (χ4n) is 2.64. The number of aliphatic hydroxyl groups is 1. The Bertz CT molecular complexity index is 975. The first kappa shape index (κ1) is 13.7. The van der Waals surface area contributed by atoms with Gasteiger partial charge in [-0.2, -0.15) is 5.10 Å². The van der Waals surface area contributed by atoms with E-state index in [2.05, 4.69) is 20.2 Å². The van der Waals surface area contributed by atoms with Gasteiger partial charge in [0.2, 0.25) is 0 Å². The van der Waals surface area contributed by atoms with Gasteiger partial charge in [0.15, 0.2) is 22.8 Å². The van der Waals surface area contributed by atoms with Crippen LogP contribution in [0, 0.1) is 0 Å². The second-order valence-electron chi connectivity index (χ2n) is 5.31. The maximum atomic E-state index is 8.94. The molecule has 4 aromatic rings. The molecule has 0 atom stereocenters. The van der Waals surface area contributed by atoms with Crippen LogP contribution in [0.4, 0.5) is 5.82 Å². The zero-order valence-corrected chi connectivity index (χ0v) is 12.3. The summed E-state index contributed by atoms with van der Waals surface area (Å²) in [5.41, 5.74) is 9.86. The van der Waals surface area contributed by atoms with E-state index in [9.17, 15) is 0 Å². The summed E-state index contributed by atoms with van der Waals surface area (Å²) < 4.78 is 5.83. The average molecular weight is 309 g/mol. The van der Waals surface area contributed by atoms with Crippen LogP contribution in [0.25, 0.3) is 33.3 Å². The number of nitrogens with two attached hydrogens (primary N) is 1. The van der Waals surface area contributed by atoms with Crippen molar-refractivity contribution in [2.24, 2.45) is 0 Å². The highest BCUT2D eigenvalue weighted by molar-refractivity contribution is 6.05. The number of oxazole rings is 1. The minimum Gasteiger partial charge on any atom is -0.440 e. The number of anilines is 1. The number of rotatable bonds is 4. The summed E-state index contributed by atoms with van der Waals surface area (Å²) in [7, 11) is 0. The van der Waals surface area contributed by atoms with Crippen molar-refractivity contribution in [2.75, 3.05) is 12.3 Å². The Morgan fingerprint density at radius 3 is 2.91 bits per heavy atom. The molecular formula is C16H15N5O2. The fourth-order valence-corrected chi connectivity index (χ4v) is 2.64. The minimum absolute atomic E-state index is 0.0980. The molecule has 0 saturated heterocycles. The Hall–Kier alpha value is -2.93. The van der Waals surface area contributed by atoms with Gasteiger partial charge >= 0.3 is 0 Å². The molecule has 0 fully saturated rings. The van der Waals surface area contributed by atoms with Crippen LogP contribution in [-0.4, -0.2) is 31.9 Å². The number of aliphatic hydroxyl groups excluding tert-OH is 1. The van der Waals surface area contributed by atoms with Gasteiger partial charge in [0.05, 0.1) is 11.2 Å². The molecule has 4 N–H and O–H groups in total. The van der Waals surface area contributed by atoms with Crippen LogP contribution in [0.5, 0.6) is 0 Å². The van der Waals surface area contributed by atoms with Gasteiger partial charge in [-0.15, -0.1) is 0 Å². The second kappa shape index (κ2) is 5.36. The average Bonchev–Trinajstić information content (AvgIpc) is 3.22. The third kappa shape index (κ3) is 2.31. The van der Waals surface area contributed by atoms with E-state index >= 15 is 0 Å². The Balaban J connectivity index is 1.89. The third-order valence-electron chi connectivity index (χ3n) is 3.76. The molecule has 0 unspecified atom stereocenters. The normalized spacial score (nSPS) is 11.5. The van der Waals surface area contributed by atoms with Crippen molar-refractivity contribution in [3.05, 3.63) is 36.4 Å². The van der Waals surface area contributed by atoms with Gasteiger partial charge < -0.3 is 15.3 Å². The zero-order chi connectivity index (χ0) is 15.8. The summed E-state index contributed by atoms with van der Waals surface area (Å²) in [5.74, 6) is 0.904. The van der Waals surface area contributed by atoms with Crippen molar-refractivity contribution in [3.8, 4) is 11.3 Å². The van der Waals surface area contributed by atoms with Crippen LogP contribution in [0.15, 0.2) is 34.9 Å². The highest BCUT2D eigenvalue weighted by Gasteiger charge is 2.14. The maximum Gasteiger partial charge on any atom is 0.195 e. The van der Waals surface area contributed by atoms with Crippen LogP contribution < -0.4 is 5.73 Å². The van der Waals surface area contributed by atoms with Crippen molar-refractivity contribution in [1.82, 2.24) is 20.2 Å². The summed E-state index contributed by atoms with van der Waals surface area (Å²) >= 11 is 0. The molecule has 0 saturated carbocycles. The number of fused-ring (bicyclic) bond motifs is 3. The molecule has 0 radical (unpaired) electrons. The van der Waals surface area contributed by atoms with E-state index in [1.54, 1.807) is 6.20 Å². The Labute approximate surface area is 131 Å². The lowest BCUT2D eigenvalue weighted by Crippen LogP contribution is -1.93. The maximum absolute atomic E-state index is 8.94. The lowest BCUT2D eigenvalue weighted by molar-refractivity contribution is 0.284. The number of pyridine rings is 1. The number of nitrogens with one attached hydrogen (secondary N) is 1. The molecule has 0 amide bonds. The first-order valence-electron chi connectivity index (χ1n) is 7.35. The van der Waals surface area contributed by atoms with Crippen molar-refractivity contribution >= 4 is 27.8 Å². The Morgan fingerprint density at radius 2 is 2.13 bits per heavy atom. The number of H-pyrrole nitrogens is 1. The molecule has 4 rings (SSSR count). The summed E-state index contributed by atoms with van der Waals surface area (Å²) in [4.78, 5) is 8.83. The van der Waals surface area contributed by atoms with Crippen molar-refractivity contribution < 1.29 is 9.52 Å². The lowest BCUT2D eigenvalue weighted by Gasteiger charge is -2.03. The number of benzene rings is 1. The molecule has 0 aliphatic rings. The van der Waals surface area contributed by atoms with E-state index < -0.39 is 0 Å². The molecule has 0 aliphatic heterocycles. The van der Waals surface area contributed by atoms with E-state index in [1.807, 2.05) is 24.3 Å². The van der Waals surface area contributed by atoms with Crippen LogP contribution in [-0.2, 0) is 6.42 Å². The predicted octanol–water partition coefficient (Wildman–Crippen LogP) is 2.27. The highest BCUT2D eigenvalue weighted by Crippen LogP contribution is 2.31. The van der Waals surface area contributed by atoms with Crippen LogP contribution in [0.3, 0.4) is 0 Å². The minimum atomic E-state index is 0.0980. The molecule has 0 aliphatic carbocycles. The third-order valence-corrected chi connectivity index (χ3v) is 3.76. The SMILES string of the molecule is Nc1nc2cc(-c3ccn[nH]3)ccc2c2oc(CCCO)nc12. The number of nitrogen functional groups attached to an aromatic ring is 1. The molecule has 23 heavy (non-hydrogen) atoms. The van der Waals surface area contributed by atoms with E-state index in [-0.39, 0.29) is 6.61 Å². The first-order valence-corrected chi connectivity index (χ1v) is 7.35. The van der Waals surface area contributed by atoms with Crippen LogP contribution in [0.1, 0.15) is 12.3 Å². The van der Waals surface area contributed by atoms with Gasteiger partial charge in [0.25, 0.3) is 0 Å². The van der Waals surface area contributed by atoms with Gasteiger partial charge in [-0.05, 0) is 24.6 Å². The van der Waals surface area contributed by atoms with Crippen LogP contribution in [0.2, 0.25) is 0 Å². The quantitative estimate of drug-likeness (QED) is 0.533. The molecular weight excluding hydrogens is 294 g/mol. The number of aryl methyl sites for hydroxylation is 1. The van der Waals surface area contributed by atoms with Gasteiger partial charge in [0.1, 0.15) is 0 Å². The number of aromatic nitrogens is 4. The van der Waals surface area contributed by atoms with Crippen molar-refractivity contribution in [2.45, 2.75) is 12.8 Å². The molecule has 3 aromatic heterocycles. The van der Waals surface area contributed by atoms with Gasteiger partial charge in [-0.1, -0.05) is 6.07 Å². The smallest absolute Gasteiger partial charge is 0.195 e. The first-order chi connectivity index (χ1) is 11.3. The van der Waals surface area contributed by atoms with Gasteiger partial charge in [-0.25, -0.2) is 9.97 Å².